The molecule has 174 valence electrons. The third kappa shape index (κ3) is 4.85. The van der Waals surface area contributed by atoms with Gasteiger partial charge in [0, 0.05) is 6.54 Å². The fraction of sp³-hybridized carbons (Fsp3) is 0.323. The van der Waals surface area contributed by atoms with Gasteiger partial charge in [0.1, 0.15) is 0 Å². The summed E-state index contributed by atoms with van der Waals surface area (Å²) in [5.41, 5.74) is 7.92. The molecule has 0 saturated carbocycles. The van der Waals surface area contributed by atoms with Crippen LogP contribution in [0.3, 0.4) is 0 Å². The molecule has 0 aromatic heterocycles. The van der Waals surface area contributed by atoms with Crippen LogP contribution >= 0.6 is 0 Å². The van der Waals surface area contributed by atoms with Crippen LogP contribution in [-0.4, -0.2) is 35.6 Å². The van der Waals surface area contributed by atoms with E-state index in [1.165, 1.54) is 27.8 Å². The fourth-order valence-electron chi connectivity index (χ4n) is 5.81. The van der Waals surface area contributed by atoms with E-state index in [1.807, 2.05) is 30.3 Å². The Morgan fingerprint density at radius 3 is 2.00 bits per heavy atom. The highest BCUT2D eigenvalue weighted by molar-refractivity contribution is 5.84. The topological polar surface area (TPSA) is 40.5 Å². The van der Waals surface area contributed by atoms with E-state index in [2.05, 4.69) is 59.5 Å². The number of likely N-dealkylation sites (tertiary alicyclic amines) is 1. The number of piperidine rings is 1. The van der Waals surface area contributed by atoms with Gasteiger partial charge in [-0.15, -0.1) is 0 Å². The van der Waals surface area contributed by atoms with E-state index in [0.717, 1.165) is 57.3 Å². The molecule has 2 aliphatic rings. The van der Waals surface area contributed by atoms with Crippen molar-refractivity contribution in [3.8, 4) is 0 Å². The molecule has 1 aliphatic carbocycles. The van der Waals surface area contributed by atoms with Crippen LogP contribution in [0.1, 0.15) is 53.0 Å². The first kappa shape index (κ1) is 22.6. The van der Waals surface area contributed by atoms with Crippen LogP contribution in [0, 0.1) is 5.92 Å². The minimum atomic E-state index is -0.694. The molecule has 0 bridgehead atoms. The smallest absolute Gasteiger partial charge is 0.311 e. The molecule has 0 amide bonds. The van der Waals surface area contributed by atoms with E-state index in [9.17, 15) is 9.90 Å². The predicted octanol–water partition coefficient (Wildman–Crippen LogP) is 6.19. The monoisotopic (exact) mass is 451 g/mol. The van der Waals surface area contributed by atoms with Gasteiger partial charge in [-0.2, -0.15) is 0 Å². The molecule has 0 radical (unpaired) electrons. The second kappa shape index (κ2) is 10.4. The van der Waals surface area contributed by atoms with Crippen LogP contribution in [0.2, 0.25) is 0 Å². The van der Waals surface area contributed by atoms with Gasteiger partial charge < -0.3 is 10.0 Å². The number of carboxylic acid groups (broad SMARTS) is 1. The summed E-state index contributed by atoms with van der Waals surface area (Å²) < 4.78 is 0. The lowest BCUT2D eigenvalue weighted by atomic mass is 9.80. The Balaban J connectivity index is 1.26. The highest BCUT2D eigenvalue weighted by Gasteiger charge is 2.32. The predicted molar refractivity (Wildman–Crippen MR) is 138 cm³/mol. The van der Waals surface area contributed by atoms with E-state index in [4.69, 9.17) is 0 Å². The molecule has 3 nitrogen and oxygen atoms in total. The molecule has 1 N–H and O–H groups in total. The Kier molecular flexibility index (Phi) is 6.92. The lowest BCUT2D eigenvalue weighted by Crippen LogP contribution is -2.37. The molecule has 1 atom stereocenters. The standard InChI is InChI=1S/C31H33NO2/c33-31(34)30(25-11-2-1-3-12-25)26-18-21-32(22-19-26)20-8-15-29-27-13-6-4-9-23(27)16-17-24-10-5-7-14-28(24)29/h1-7,9-15,26,30H,8,16-22H2,(H,33,34). The minimum absolute atomic E-state index is 0.204. The third-order valence-electron chi connectivity index (χ3n) is 7.60. The molecule has 1 unspecified atom stereocenters. The van der Waals surface area contributed by atoms with Crippen LogP contribution in [0.5, 0.6) is 0 Å². The Bertz CT molecular complexity index is 1110. The van der Waals surface area contributed by atoms with E-state index in [0.29, 0.717) is 0 Å². The van der Waals surface area contributed by atoms with Gasteiger partial charge in [0.25, 0.3) is 0 Å². The Hall–Kier alpha value is -3.17. The molecular formula is C31H33NO2. The van der Waals surface area contributed by atoms with Gasteiger partial charge in [-0.25, -0.2) is 0 Å². The summed E-state index contributed by atoms with van der Waals surface area (Å²) in [6.07, 6.45) is 7.49. The maximum atomic E-state index is 12.0. The summed E-state index contributed by atoms with van der Waals surface area (Å²) >= 11 is 0. The number of aliphatic carboxylic acids is 1. The van der Waals surface area contributed by atoms with Gasteiger partial charge in [0.15, 0.2) is 0 Å². The van der Waals surface area contributed by atoms with Crippen molar-refractivity contribution in [2.75, 3.05) is 19.6 Å². The average Bonchev–Trinajstić information content (AvgIpc) is 3.03. The van der Waals surface area contributed by atoms with Crippen molar-refractivity contribution in [1.82, 2.24) is 4.90 Å². The van der Waals surface area contributed by atoms with Gasteiger partial charge in [-0.3, -0.25) is 4.79 Å². The highest BCUT2D eigenvalue weighted by Crippen LogP contribution is 2.35. The Morgan fingerprint density at radius 1 is 0.853 bits per heavy atom. The van der Waals surface area contributed by atoms with Crippen molar-refractivity contribution >= 4 is 11.5 Å². The summed E-state index contributed by atoms with van der Waals surface area (Å²) in [6.45, 7) is 2.96. The second-order valence-corrected chi connectivity index (χ2v) is 9.63. The lowest BCUT2D eigenvalue weighted by Gasteiger charge is -2.34. The normalized spacial score (nSPS) is 17.4. The number of benzene rings is 3. The number of carbonyl (C=O) groups is 1. The number of rotatable bonds is 6. The summed E-state index contributed by atoms with van der Waals surface area (Å²) in [4.78, 5) is 14.5. The number of fused-ring (bicyclic) bond motifs is 2. The van der Waals surface area contributed by atoms with Crippen LogP contribution in [0.25, 0.3) is 5.57 Å². The Labute approximate surface area is 202 Å². The molecule has 3 heteroatoms. The number of hydrogen-bond acceptors (Lipinski definition) is 2. The average molecular weight is 452 g/mol. The molecule has 5 rings (SSSR count). The highest BCUT2D eigenvalue weighted by atomic mass is 16.4. The molecule has 1 fully saturated rings. The number of carboxylic acids is 1. The zero-order valence-electron chi connectivity index (χ0n) is 19.7. The maximum absolute atomic E-state index is 12.0. The van der Waals surface area contributed by atoms with Crippen LogP contribution in [0.15, 0.2) is 84.9 Å². The lowest BCUT2D eigenvalue weighted by molar-refractivity contribution is -0.140. The first-order valence-electron chi connectivity index (χ1n) is 12.6. The Morgan fingerprint density at radius 2 is 1.41 bits per heavy atom. The summed E-state index contributed by atoms with van der Waals surface area (Å²) in [6, 6.07) is 27.4. The molecular weight excluding hydrogens is 418 g/mol. The van der Waals surface area contributed by atoms with Crippen molar-refractivity contribution in [3.63, 3.8) is 0 Å². The number of hydrogen-bond donors (Lipinski definition) is 1. The van der Waals surface area contributed by atoms with Gasteiger partial charge >= 0.3 is 5.97 Å². The van der Waals surface area contributed by atoms with Gasteiger partial charge in [0.05, 0.1) is 5.92 Å². The largest absolute Gasteiger partial charge is 0.481 e. The maximum Gasteiger partial charge on any atom is 0.311 e. The molecule has 3 aromatic rings. The molecule has 0 spiro atoms. The first-order chi connectivity index (χ1) is 16.7. The van der Waals surface area contributed by atoms with Crippen molar-refractivity contribution in [3.05, 3.63) is 113 Å². The van der Waals surface area contributed by atoms with Crippen molar-refractivity contribution in [2.24, 2.45) is 5.92 Å². The molecule has 1 saturated heterocycles. The molecule has 3 aromatic carbocycles. The van der Waals surface area contributed by atoms with Crippen LogP contribution < -0.4 is 0 Å². The molecule has 1 aliphatic heterocycles. The fourth-order valence-corrected chi connectivity index (χ4v) is 5.81. The van der Waals surface area contributed by atoms with Gasteiger partial charge in [-0.1, -0.05) is 84.9 Å². The van der Waals surface area contributed by atoms with Crippen LogP contribution in [0.4, 0.5) is 0 Å². The minimum Gasteiger partial charge on any atom is -0.481 e. The van der Waals surface area contributed by atoms with Crippen LogP contribution in [-0.2, 0) is 17.6 Å². The van der Waals surface area contributed by atoms with E-state index in [-0.39, 0.29) is 5.92 Å². The van der Waals surface area contributed by atoms with Crippen molar-refractivity contribution < 1.29 is 9.90 Å². The summed E-state index contributed by atoms with van der Waals surface area (Å²) in [7, 11) is 0. The summed E-state index contributed by atoms with van der Waals surface area (Å²) in [5.74, 6) is -0.889. The van der Waals surface area contributed by atoms with E-state index >= 15 is 0 Å². The van der Waals surface area contributed by atoms with Gasteiger partial charge in [0.2, 0.25) is 0 Å². The SMILES string of the molecule is O=C(O)C(c1ccccc1)C1CCN(CCC=C2c3ccccc3CCc3ccccc32)CC1. The van der Waals surface area contributed by atoms with Crippen molar-refractivity contribution in [1.29, 1.82) is 0 Å². The van der Waals surface area contributed by atoms with Gasteiger partial charge in [-0.05, 0) is 84.5 Å². The second-order valence-electron chi connectivity index (χ2n) is 9.63. The molecule has 34 heavy (non-hydrogen) atoms. The van der Waals surface area contributed by atoms with Crippen molar-refractivity contribution in [2.45, 2.75) is 38.0 Å². The number of aryl methyl sites for hydroxylation is 2. The zero-order chi connectivity index (χ0) is 23.3. The van der Waals surface area contributed by atoms with E-state index in [1.54, 1.807) is 0 Å². The third-order valence-corrected chi connectivity index (χ3v) is 7.60. The first-order valence-corrected chi connectivity index (χ1v) is 12.6. The quantitative estimate of drug-likeness (QED) is 0.486. The van der Waals surface area contributed by atoms with E-state index < -0.39 is 11.9 Å². The molecule has 1 heterocycles. The zero-order valence-corrected chi connectivity index (χ0v) is 19.7. The summed E-state index contributed by atoms with van der Waals surface area (Å²) in [5, 5.41) is 9.89. The number of nitrogens with zero attached hydrogens (tertiary/aromatic N) is 1.